The summed E-state index contributed by atoms with van der Waals surface area (Å²) in [5.74, 6) is -1.42. The predicted octanol–water partition coefficient (Wildman–Crippen LogP) is 5.48. The van der Waals surface area contributed by atoms with Gasteiger partial charge in [0.05, 0.1) is 24.4 Å². The number of ether oxygens (including phenoxy) is 2. The van der Waals surface area contributed by atoms with E-state index in [1.807, 2.05) is 4.90 Å². The molecule has 1 atom stereocenters. The first-order valence-corrected chi connectivity index (χ1v) is 16.3. The minimum atomic E-state index is -1.65. The van der Waals surface area contributed by atoms with E-state index in [0.717, 1.165) is 19.2 Å². The Kier molecular flexibility index (Phi) is 9.71. The van der Waals surface area contributed by atoms with Crippen LogP contribution in [0.3, 0.4) is 0 Å². The van der Waals surface area contributed by atoms with Crippen LogP contribution in [0.25, 0.3) is 17.2 Å². The molecule has 2 aliphatic rings. The van der Waals surface area contributed by atoms with Gasteiger partial charge in [-0.05, 0) is 66.9 Å². The zero-order valence-corrected chi connectivity index (χ0v) is 29.4. The molecule has 17 heteroatoms. The summed E-state index contributed by atoms with van der Waals surface area (Å²) in [6.07, 6.45) is 2.05. The SMILES string of the molecule is C=Cc1c(F)c(Cl)cc(N2CC[C@](NC(=O)OC(C)(C)C)(C(=O)NC3CC3)C2)c1Cn1cnc2c(N(C(=O)O)C(=O)OC(C)(C)C)ncnc21. The van der Waals surface area contributed by atoms with Gasteiger partial charge in [0.1, 0.15) is 28.9 Å². The molecule has 2 aromatic heterocycles. The topological polar surface area (TPSA) is 181 Å². The molecule has 0 radical (unpaired) electrons. The summed E-state index contributed by atoms with van der Waals surface area (Å²) >= 11 is 6.39. The fraction of sp³-hybridized carbons (Fsp3) is 0.485. The molecule has 1 saturated carbocycles. The number of fused-ring (bicyclic) bond motifs is 1. The lowest BCUT2D eigenvalue weighted by atomic mass is 9.97. The number of nitrogens with one attached hydrogen (secondary N) is 2. The summed E-state index contributed by atoms with van der Waals surface area (Å²) in [6, 6.07) is 1.46. The number of carbonyl (C=O) groups is 4. The second-order valence-electron chi connectivity index (χ2n) is 14.3. The molecule has 3 aromatic rings. The number of nitrogens with zero attached hydrogens (tertiary/aromatic N) is 6. The molecule has 1 aromatic carbocycles. The number of imide groups is 1. The lowest BCUT2D eigenvalue weighted by Crippen LogP contribution is -2.61. The summed E-state index contributed by atoms with van der Waals surface area (Å²) in [7, 11) is 0. The van der Waals surface area contributed by atoms with Gasteiger partial charge in [0, 0.05) is 29.4 Å². The van der Waals surface area contributed by atoms with E-state index in [1.165, 1.54) is 23.0 Å². The van der Waals surface area contributed by atoms with Gasteiger partial charge in [-0.15, -0.1) is 0 Å². The van der Waals surface area contributed by atoms with E-state index in [1.54, 1.807) is 41.5 Å². The van der Waals surface area contributed by atoms with Crippen LogP contribution in [0.15, 0.2) is 25.3 Å². The number of amides is 4. The average Bonchev–Trinajstić information content (AvgIpc) is 3.55. The Balaban J connectivity index is 1.54. The van der Waals surface area contributed by atoms with Gasteiger partial charge in [0.15, 0.2) is 17.0 Å². The number of carbonyl (C=O) groups excluding carboxylic acids is 3. The normalized spacial score (nSPS) is 17.7. The molecule has 1 saturated heterocycles. The monoisotopic (exact) mass is 714 g/mol. The first kappa shape index (κ1) is 36.3. The summed E-state index contributed by atoms with van der Waals surface area (Å²) in [6.45, 7) is 13.9. The van der Waals surface area contributed by atoms with Gasteiger partial charge < -0.3 is 34.7 Å². The van der Waals surface area contributed by atoms with Crippen molar-refractivity contribution in [2.75, 3.05) is 22.9 Å². The van der Waals surface area contributed by atoms with Crippen molar-refractivity contribution in [3.05, 3.63) is 47.3 Å². The molecule has 0 spiro atoms. The van der Waals surface area contributed by atoms with Crippen molar-refractivity contribution in [3.8, 4) is 0 Å². The van der Waals surface area contributed by atoms with Crippen molar-refractivity contribution in [1.29, 1.82) is 0 Å². The highest BCUT2D eigenvalue weighted by Crippen LogP contribution is 2.38. The van der Waals surface area contributed by atoms with Gasteiger partial charge >= 0.3 is 18.3 Å². The van der Waals surface area contributed by atoms with Crippen LogP contribution in [0.2, 0.25) is 5.02 Å². The third-order valence-corrected chi connectivity index (χ3v) is 8.21. The van der Waals surface area contributed by atoms with E-state index in [0.29, 0.717) is 16.2 Å². The fourth-order valence-electron chi connectivity index (χ4n) is 5.62. The molecule has 1 aliphatic carbocycles. The number of imidazole rings is 1. The predicted molar refractivity (Wildman–Crippen MR) is 183 cm³/mol. The highest BCUT2D eigenvalue weighted by Gasteiger charge is 2.48. The first-order chi connectivity index (χ1) is 23.3. The van der Waals surface area contributed by atoms with Crippen LogP contribution < -0.4 is 20.4 Å². The quantitative estimate of drug-likeness (QED) is 0.269. The second-order valence-corrected chi connectivity index (χ2v) is 14.7. The van der Waals surface area contributed by atoms with Crippen molar-refractivity contribution >= 4 is 64.5 Å². The lowest BCUT2D eigenvalue weighted by molar-refractivity contribution is -0.127. The molecule has 50 heavy (non-hydrogen) atoms. The largest absolute Gasteiger partial charge is 0.464 e. The number of anilines is 2. The van der Waals surface area contributed by atoms with Crippen LogP contribution in [0.1, 0.15) is 71.9 Å². The molecule has 0 unspecified atom stereocenters. The van der Waals surface area contributed by atoms with E-state index in [2.05, 4.69) is 32.2 Å². The molecule has 2 fully saturated rings. The van der Waals surface area contributed by atoms with Gasteiger partial charge in [-0.2, -0.15) is 4.90 Å². The van der Waals surface area contributed by atoms with Crippen molar-refractivity contribution in [2.45, 2.75) is 90.1 Å². The van der Waals surface area contributed by atoms with Crippen LogP contribution in [-0.4, -0.2) is 84.7 Å². The Morgan fingerprint density at radius 1 is 1.14 bits per heavy atom. The Hall–Kier alpha value is -4.99. The highest BCUT2D eigenvalue weighted by atomic mass is 35.5. The Labute approximate surface area is 292 Å². The van der Waals surface area contributed by atoms with E-state index in [9.17, 15) is 24.3 Å². The van der Waals surface area contributed by atoms with Crippen LogP contribution >= 0.6 is 11.6 Å². The minimum absolute atomic E-state index is 0.0107. The number of aromatic nitrogens is 4. The van der Waals surface area contributed by atoms with Crippen molar-refractivity contribution in [1.82, 2.24) is 30.2 Å². The maximum absolute atomic E-state index is 15.6. The van der Waals surface area contributed by atoms with Crippen LogP contribution in [0.4, 0.5) is 30.3 Å². The maximum Gasteiger partial charge on any atom is 0.425 e. The molecular weight excluding hydrogens is 675 g/mol. The van der Waals surface area contributed by atoms with Gasteiger partial charge in [0.2, 0.25) is 5.91 Å². The van der Waals surface area contributed by atoms with Gasteiger partial charge in [-0.3, -0.25) is 4.79 Å². The Bertz CT molecular complexity index is 1870. The fourth-order valence-corrected chi connectivity index (χ4v) is 5.83. The number of benzene rings is 1. The third kappa shape index (κ3) is 7.74. The molecule has 0 bridgehead atoms. The summed E-state index contributed by atoms with van der Waals surface area (Å²) in [4.78, 5) is 66.5. The number of halogens is 2. The van der Waals surface area contributed by atoms with Crippen LogP contribution in [0.5, 0.6) is 0 Å². The highest BCUT2D eigenvalue weighted by molar-refractivity contribution is 6.31. The molecule has 268 valence electrons. The smallest absolute Gasteiger partial charge is 0.425 e. The lowest BCUT2D eigenvalue weighted by Gasteiger charge is -2.32. The Morgan fingerprint density at radius 2 is 1.82 bits per heavy atom. The molecule has 3 N–H and O–H groups in total. The Morgan fingerprint density at radius 3 is 2.42 bits per heavy atom. The van der Waals surface area contributed by atoms with Crippen molar-refractivity contribution < 1.29 is 38.1 Å². The standard InChI is InChI=1S/C33H40ClFN8O7/c1-8-19-20(14-42-17-38-24-25(42)36-16-37-26(24)43(29(46)47)30(48)50-32(5,6)7)22(13-21(34)23(19)35)41-12-11-33(15-41,27(44)39-18-9-10-18)40-28(45)49-31(2,3)4/h8,13,16-18H,1,9-12,14-15H2,2-7H3,(H,39,44)(H,40,45)(H,46,47)/t33-/m1/s1. The average molecular weight is 715 g/mol. The van der Waals surface area contributed by atoms with E-state index in [4.69, 9.17) is 21.1 Å². The number of hydrogen-bond donors (Lipinski definition) is 3. The molecule has 4 amide bonds. The molecule has 1 aliphatic heterocycles. The molecule has 3 heterocycles. The summed E-state index contributed by atoms with van der Waals surface area (Å²) in [5, 5.41) is 15.5. The van der Waals surface area contributed by atoms with E-state index in [-0.39, 0.29) is 65.6 Å². The van der Waals surface area contributed by atoms with E-state index < -0.39 is 40.8 Å². The van der Waals surface area contributed by atoms with Gasteiger partial charge in [-0.25, -0.2) is 33.7 Å². The number of carboxylic acid groups (broad SMARTS) is 1. The molecular formula is C33H40ClFN8O7. The summed E-state index contributed by atoms with van der Waals surface area (Å²) < 4.78 is 27.9. The van der Waals surface area contributed by atoms with Crippen molar-refractivity contribution in [3.63, 3.8) is 0 Å². The minimum Gasteiger partial charge on any atom is -0.464 e. The van der Waals surface area contributed by atoms with Crippen molar-refractivity contribution in [2.24, 2.45) is 0 Å². The number of rotatable bonds is 8. The second kappa shape index (κ2) is 13.4. The van der Waals surface area contributed by atoms with Gasteiger partial charge in [-0.1, -0.05) is 24.3 Å². The number of alkyl carbamates (subject to hydrolysis) is 1. The van der Waals surface area contributed by atoms with E-state index >= 15 is 4.39 Å². The van der Waals surface area contributed by atoms with Gasteiger partial charge in [0.25, 0.3) is 0 Å². The third-order valence-electron chi connectivity index (χ3n) is 7.93. The zero-order valence-electron chi connectivity index (χ0n) is 28.7. The maximum atomic E-state index is 15.6. The molecule has 15 nitrogen and oxygen atoms in total. The number of hydrogen-bond acceptors (Lipinski definition) is 10. The zero-order chi connectivity index (χ0) is 36.8. The molecule has 5 rings (SSSR count). The van der Waals surface area contributed by atoms with Crippen LogP contribution in [-0.2, 0) is 20.8 Å². The van der Waals surface area contributed by atoms with Crippen LogP contribution in [0, 0.1) is 5.82 Å². The summed E-state index contributed by atoms with van der Waals surface area (Å²) in [5.41, 5.74) is -2.16. The first-order valence-electron chi connectivity index (χ1n) is 15.9.